The predicted octanol–water partition coefficient (Wildman–Crippen LogP) is 2.14. The van der Waals surface area contributed by atoms with Crippen molar-refractivity contribution in [2.45, 2.75) is 33.6 Å². The van der Waals surface area contributed by atoms with Crippen molar-refractivity contribution in [1.29, 1.82) is 0 Å². The Morgan fingerprint density at radius 2 is 1.90 bits per heavy atom. The van der Waals surface area contributed by atoms with E-state index < -0.39 is 0 Å². The molecule has 6 heteroatoms. The zero-order valence-corrected chi connectivity index (χ0v) is 12.5. The first kappa shape index (κ1) is 14.9. The lowest BCUT2D eigenvalue weighted by Gasteiger charge is -2.09. The Labute approximate surface area is 123 Å². The maximum Gasteiger partial charge on any atom is 0.258 e. The molecule has 0 radical (unpaired) electrons. The van der Waals surface area contributed by atoms with Gasteiger partial charge >= 0.3 is 0 Å². The number of carbonyl (C=O) groups is 1. The van der Waals surface area contributed by atoms with Gasteiger partial charge in [0, 0.05) is 11.3 Å². The van der Waals surface area contributed by atoms with E-state index in [2.05, 4.69) is 20.5 Å². The van der Waals surface area contributed by atoms with Crippen molar-refractivity contribution >= 4 is 17.5 Å². The summed E-state index contributed by atoms with van der Waals surface area (Å²) in [6.45, 7) is 5.84. The number of amides is 1. The summed E-state index contributed by atoms with van der Waals surface area (Å²) in [5.74, 6) is -0.0362. The molecule has 1 amide bonds. The number of aromatic nitrogens is 3. The Hall–Kier alpha value is -2.50. The van der Waals surface area contributed by atoms with Crippen molar-refractivity contribution in [2.75, 3.05) is 11.1 Å². The summed E-state index contributed by atoms with van der Waals surface area (Å²) in [6.07, 6.45) is 1.52. The summed E-state index contributed by atoms with van der Waals surface area (Å²) in [5, 5.41) is 10.7. The van der Waals surface area contributed by atoms with Crippen LogP contribution in [0.15, 0.2) is 18.2 Å². The van der Waals surface area contributed by atoms with Gasteiger partial charge in [0.05, 0.1) is 11.4 Å². The highest BCUT2D eigenvalue weighted by molar-refractivity contribution is 6.04. The summed E-state index contributed by atoms with van der Waals surface area (Å²) in [5.41, 5.74) is 9.38. The first-order valence-corrected chi connectivity index (χ1v) is 6.95. The molecule has 21 heavy (non-hydrogen) atoms. The van der Waals surface area contributed by atoms with E-state index in [1.807, 2.05) is 20.8 Å². The predicted molar refractivity (Wildman–Crippen MR) is 82.1 cm³/mol. The fourth-order valence-electron chi connectivity index (χ4n) is 2.10. The van der Waals surface area contributed by atoms with Gasteiger partial charge < -0.3 is 5.73 Å². The fourth-order valence-corrected chi connectivity index (χ4v) is 2.10. The molecular weight excluding hydrogens is 266 g/mol. The van der Waals surface area contributed by atoms with Gasteiger partial charge in [0.1, 0.15) is 0 Å². The van der Waals surface area contributed by atoms with Crippen molar-refractivity contribution in [3.05, 3.63) is 40.7 Å². The lowest BCUT2D eigenvalue weighted by molar-refractivity contribution is 0.102. The fraction of sp³-hybridized carbons (Fsp3) is 0.333. The summed E-state index contributed by atoms with van der Waals surface area (Å²) in [4.78, 5) is 16.6. The minimum atomic E-state index is -0.263. The molecule has 0 aliphatic rings. The normalized spacial score (nSPS) is 10.4. The maximum atomic E-state index is 12.2. The van der Waals surface area contributed by atoms with Crippen LogP contribution in [-0.4, -0.2) is 21.1 Å². The highest BCUT2D eigenvalue weighted by Crippen LogP contribution is 2.14. The highest BCUT2D eigenvalue weighted by atomic mass is 16.1. The number of nitrogens with two attached hydrogens (primary N) is 1. The van der Waals surface area contributed by atoms with E-state index in [0.29, 0.717) is 11.3 Å². The van der Waals surface area contributed by atoms with Gasteiger partial charge in [-0.1, -0.05) is 13.8 Å². The van der Waals surface area contributed by atoms with Crippen molar-refractivity contribution in [3.63, 3.8) is 0 Å². The molecule has 1 aromatic heterocycles. The Bertz CT molecular complexity index is 669. The van der Waals surface area contributed by atoms with Crippen LogP contribution >= 0.6 is 0 Å². The number of anilines is 2. The molecule has 0 saturated carbocycles. The minimum absolute atomic E-state index is 0.227. The van der Waals surface area contributed by atoms with Crippen LogP contribution in [0.5, 0.6) is 0 Å². The highest BCUT2D eigenvalue weighted by Gasteiger charge is 2.12. The van der Waals surface area contributed by atoms with Crippen LogP contribution < -0.4 is 11.1 Å². The molecule has 0 saturated heterocycles. The molecule has 1 heterocycles. The molecule has 0 atom stereocenters. The van der Waals surface area contributed by atoms with Gasteiger partial charge in [-0.3, -0.25) is 10.1 Å². The first-order chi connectivity index (χ1) is 10.0. The zero-order valence-electron chi connectivity index (χ0n) is 12.5. The lowest BCUT2D eigenvalue weighted by Crippen LogP contribution is -2.17. The Morgan fingerprint density at radius 1 is 1.19 bits per heavy atom. The summed E-state index contributed by atoms with van der Waals surface area (Å²) < 4.78 is 0. The number of hydrogen-bond donors (Lipinski definition) is 2. The van der Waals surface area contributed by atoms with Crippen molar-refractivity contribution in [1.82, 2.24) is 15.2 Å². The Kier molecular flexibility index (Phi) is 4.47. The smallest absolute Gasteiger partial charge is 0.258 e. The number of rotatable bonds is 4. The zero-order chi connectivity index (χ0) is 15.4. The van der Waals surface area contributed by atoms with Gasteiger partial charge in [-0.15, -0.1) is 10.2 Å². The van der Waals surface area contributed by atoms with Crippen LogP contribution in [0.2, 0.25) is 0 Å². The number of aryl methyl sites for hydroxylation is 3. The van der Waals surface area contributed by atoms with Crippen LogP contribution in [0.4, 0.5) is 11.6 Å². The molecule has 6 nitrogen and oxygen atoms in total. The average Bonchev–Trinajstić information content (AvgIpc) is 2.46. The molecule has 2 rings (SSSR count). The van der Waals surface area contributed by atoms with Crippen LogP contribution in [0.25, 0.3) is 0 Å². The number of carbonyl (C=O) groups excluding carboxylic acids is 1. The molecule has 3 N–H and O–H groups in total. The largest absolute Gasteiger partial charge is 0.399 e. The molecular formula is C15H19N5O. The summed E-state index contributed by atoms with van der Waals surface area (Å²) >= 11 is 0. The first-order valence-electron chi connectivity index (χ1n) is 6.95. The molecule has 0 unspecified atom stereocenters. The molecule has 0 aliphatic carbocycles. The van der Waals surface area contributed by atoms with Gasteiger partial charge in [-0.25, -0.2) is 4.98 Å². The summed E-state index contributed by atoms with van der Waals surface area (Å²) in [6, 6.07) is 5.14. The van der Waals surface area contributed by atoms with Gasteiger partial charge in [-0.2, -0.15) is 0 Å². The molecule has 110 valence electrons. The molecule has 0 spiro atoms. The Morgan fingerprint density at radius 3 is 2.52 bits per heavy atom. The Balaban J connectivity index is 2.23. The third-order valence-electron chi connectivity index (χ3n) is 3.23. The third kappa shape index (κ3) is 3.34. The quantitative estimate of drug-likeness (QED) is 0.839. The van der Waals surface area contributed by atoms with E-state index in [4.69, 9.17) is 5.73 Å². The number of nitrogen functional groups attached to an aromatic ring is 1. The standard InChI is InChI=1S/C15H19N5O/c1-4-12-13(5-2)19-20-15(17-12)18-14(21)11-7-6-10(16)8-9(11)3/h6-8H,4-5,16H2,1-3H3,(H,17,18,20,21). The van der Waals surface area contributed by atoms with Crippen molar-refractivity contribution < 1.29 is 4.79 Å². The average molecular weight is 285 g/mol. The van der Waals surface area contributed by atoms with Gasteiger partial charge in [0.15, 0.2) is 0 Å². The van der Waals surface area contributed by atoms with E-state index in [1.165, 1.54) is 0 Å². The molecule has 1 aromatic carbocycles. The lowest BCUT2D eigenvalue weighted by atomic mass is 10.1. The SMILES string of the molecule is CCc1nnc(NC(=O)c2ccc(N)cc2C)nc1CC. The van der Waals surface area contributed by atoms with Gasteiger partial charge in [0.25, 0.3) is 5.91 Å². The monoisotopic (exact) mass is 285 g/mol. The van der Waals surface area contributed by atoms with E-state index >= 15 is 0 Å². The molecule has 2 aromatic rings. The second-order valence-electron chi connectivity index (χ2n) is 4.76. The van der Waals surface area contributed by atoms with Crippen LogP contribution in [0.3, 0.4) is 0 Å². The third-order valence-corrected chi connectivity index (χ3v) is 3.23. The second kappa shape index (κ2) is 6.30. The van der Waals surface area contributed by atoms with Gasteiger partial charge in [-0.05, 0) is 43.5 Å². The molecule has 0 aliphatic heterocycles. The van der Waals surface area contributed by atoms with E-state index in [0.717, 1.165) is 29.8 Å². The second-order valence-corrected chi connectivity index (χ2v) is 4.76. The maximum absolute atomic E-state index is 12.2. The van der Waals surface area contributed by atoms with E-state index in [-0.39, 0.29) is 11.9 Å². The number of benzene rings is 1. The number of nitrogens with one attached hydrogen (secondary N) is 1. The van der Waals surface area contributed by atoms with Crippen LogP contribution in [0, 0.1) is 6.92 Å². The molecule has 0 bridgehead atoms. The topological polar surface area (TPSA) is 93.8 Å². The molecule has 0 fully saturated rings. The number of nitrogens with zero attached hydrogens (tertiary/aromatic N) is 3. The summed E-state index contributed by atoms with van der Waals surface area (Å²) in [7, 11) is 0. The van der Waals surface area contributed by atoms with E-state index in [9.17, 15) is 4.79 Å². The number of hydrogen-bond acceptors (Lipinski definition) is 5. The van der Waals surface area contributed by atoms with Crippen molar-refractivity contribution in [3.8, 4) is 0 Å². The minimum Gasteiger partial charge on any atom is -0.399 e. The van der Waals surface area contributed by atoms with Gasteiger partial charge in [0.2, 0.25) is 5.95 Å². The van der Waals surface area contributed by atoms with Crippen LogP contribution in [0.1, 0.15) is 41.2 Å². The van der Waals surface area contributed by atoms with Crippen LogP contribution in [-0.2, 0) is 12.8 Å². The van der Waals surface area contributed by atoms with E-state index in [1.54, 1.807) is 18.2 Å². The van der Waals surface area contributed by atoms with Crippen molar-refractivity contribution in [2.24, 2.45) is 0 Å².